The van der Waals surface area contributed by atoms with Gasteiger partial charge in [0, 0.05) is 0 Å². The molecule has 102 valence electrons. The lowest BCUT2D eigenvalue weighted by Crippen LogP contribution is -3.00. The Labute approximate surface area is 136 Å². The number of H-pyrrole nitrogens is 6. The number of aromatic amines is 6. The Morgan fingerprint density at radius 1 is 0.500 bits per heavy atom. The van der Waals surface area contributed by atoms with E-state index in [9.17, 15) is 0 Å². The number of halogens is 3. The minimum Gasteiger partial charge on any atom is -1.00 e. The zero-order chi connectivity index (χ0) is 10.6. The summed E-state index contributed by atoms with van der Waals surface area (Å²) in [6, 6.07) is 0. The molecule has 6 N–H and O–H groups in total. The molecule has 3 heterocycles. The van der Waals surface area contributed by atoms with Gasteiger partial charge in [0.05, 0.1) is 0 Å². The number of nitrogens with one attached hydrogen (secondary N) is 6. The van der Waals surface area contributed by atoms with Crippen LogP contribution in [0.3, 0.4) is 0 Å². The number of imidazole rings is 3. The summed E-state index contributed by atoms with van der Waals surface area (Å²) in [6.07, 6.45) is 16.2. The van der Waals surface area contributed by atoms with Gasteiger partial charge in [0.2, 0.25) is 19.0 Å². The lowest BCUT2D eigenvalue weighted by Gasteiger charge is -1.37. The zero-order valence-electron chi connectivity index (χ0n) is 9.33. The first-order valence-electron chi connectivity index (χ1n) is 4.46. The highest BCUT2D eigenvalue weighted by Crippen LogP contribution is 1.54. The van der Waals surface area contributed by atoms with Crippen molar-refractivity contribution in [1.29, 1.82) is 0 Å². The number of hydrogen-bond donors (Lipinski definition) is 3. The fourth-order valence-corrected chi connectivity index (χ4v) is 0.722. The molecular formula is C9H15Br3N6. The second-order valence-electron chi connectivity index (χ2n) is 2.43. The molecule has 9 heteroatoms. The highest BCUT2D eigenvalue weighted by atomic mass is 79.9. The molecule has 0 radical (unpaired) electrons. The van der Waals surface area contributed by atoms with Gasteiger partial charge in [0.15, 0.2) is 0 Å². The van der Waals surface area contributed by atoms with Crippen LogP contribution in [0.1, 0.15) is 0 Å². The van der Waals surface area contributed by atoms with Crippen molar-refractivity contribution in [2.75, 3.05) is 0 Å². The Morgan fingerprint density at radius 2 is 0.778 bits per heavy atom. The van der Waals surface area contributed by atoms with Crippen LogP contribution in [0, 0.1) is 0 Å². The predicted octanol–water partition coefficient (Wildman–Crippen LogP) is -9.50. The number of hydrogen-bond acceptors (Lipinski definition) is 0. The first kappa shape index (κ1) is 22.3. The smallest absolute Gasteiger partial charge is 0.239 e. The van der Waals surface area contributed by atoms with E-state index in [0.717, 1.165) is 0 Å². The molecule has 0 saturated heterocycles. The molecule has 0 aliphatic carbocycles. The van der Waals surface area contributed by atoms with Gasteiger partial charge in [-0.05, 0) is 0 Å². The number of rotatable bonds is 0. The fourth-order valence-electron chi connectivity index (χ4n) is 0.722. The van der Waals surface area contributed by atoms with Crippen molar-refractivity contribution < 1.29 is 65.9 Å². The first-order valence-corrected chi connectivity index (χ1v) is 4.46. The summed E-state index contributed by atoms with van der Waals surface area (Å²) >= 11 is 0. The van der Waals surface area contributed by atoms with Gasteiger partial charge in [0.25, 0.3) is 0 Å². The Morgan fingerprint density at radius 3 is 0.833 bits per heavy atom. The maximum absolute atomic E-state index is 2.81. The summed E-state index contributed by atoms with van der Waals surface area (Å²) in [5.74, 6) is 0. The molecule has 6 nitrogen and oxygen atoms in total. The molecule has 3 aromatic heterocycles. The molecule has 0 atom stereocenters. The Bertz CT molecular complexity index is 258. The first-order chi connectivity index (χ1) is 7.50. The average Bonchev–Trinajstić information content (AvgIpc) is 3.09. The van der Waals surface area contributed by atoms with Crippen LogP contribution in [0.5, 0.6) is 0 Å². The van der Waals surface area contributed by atoms with Gasteiger partial charge in [0.1, 0.15) is 37.2 Å². The molecule has 0 bridgehead atoms. The van der Waals surface area contributed by atoms with Crippen LogP contribution in [0.15, 0.2) is 56.2 Å². The van der Waals surface area contributed by atoms with Gasteiger partial charge in [-0.3, -0.25) is 29.9 Å². The lowest BCUT2D eigenvalue weighted by atomic mass is 11.0. The Kier molecular flexibility index (Phi) is 22.8. The van der Waals surface area contributed by atoms with Crippen LogP contribution < -0.4 is 65.9 Å². The predicted molar refractivity (Wildman–Crippen MR) is 52.0 cm³/mol. The summed E-state index contributed by atoms with van der Waals surface area (Å²) in [4.78, 5) is 16.8. The van der Waals surface area contributed by atoms with Crippen LogP contribution in [-0.2, 0) is 0 Å². The van der Waals surface area contributed by atoms with Gasteiger partial charge < -0.3 is 50.9 Å². The molecule has 0 amide bonds. The molecule has 0 aliphatic heterocycles. The van der Waals surface area contributed by atoms with Crippen molar-refractivity contribution >= 4 is 0 Å². The van der Waals surface area contributed by atoms with Crippen LogP contribution in [0.2, 0.25) is 0 Å². The maximum Gasteiger partial charge on any atom is 0.239 e. The van der Waals surface area contributed by atoms with Crippen LogP contribution in [0.4, 0.5) is 0 Å². The largest absolute Gasteiger partial charge is 1.00 e. The van der Waals surface area contributed by atoms with Gasteiger partial charge >= 0.3 is 0 Å². The average molecular weight is 447 g/mol. The van der Waals surface area contributed by atoms with E-state index in [4.69, 9.17) is 0 Å². The van der Waals surface area contributed by atoms with Gasteiger partial charge in [-0.15, -0.1) is 0 Å². The lowest BCUT2D eigenvalue weighted by molar-refractivity contribution is -0.376. The Balaban J connectivity index is -0.000000173. The standard InChI is InChI=1S/3C3H4N2.3BrH/c3*1-2-5-3-4-1;;;/h3*1-3H,(H,4,5);3*1H. The minimum absolute atomic E-state index is 0. The normalized spacial score (nSPS) is 6.67. The zero-order valence-corrected chi connectivity index (χ0v) is 14.1. The van der Waals surface area contributed by atoms with Gasteiger partial charge in [-0.1, -0.05) is 0 Å². The topological polar surface area (TPSA) is 89.8 Å². The van der Waals surface area contributed by atoms with Crippen LogP contribution >= 0.6 is 0 Å². The summed E-state index contributed by atoms with van der Waals surface area (Å²) < 4.78 is 0. The van der Waals surface area contributed by atoms with Crippen LogP contribution in [-0.4, -0.2) is 15.0 Å². The van der Waals surface area contributed by atoms with E-state index in [-0.39, 0.29) is 50.9 Å². The van der Waals surface area contributed by atoms with E-state index >= 15 is 0 Å². The molecular weight excluding hydrogens is 432 g/mol. The highest BCUT2D eigenvalue weighted by molar-refractivity contribution is 4.53. The van der Waals surface area contributed by atoms with E-state index in [1.54, 1.807) is 19.0 Å². The summed E-state index contributed by atoms with van der Waals surface area (Å²) in [7, 11) is 0. The third-order valence-corrected chi connectivity index (χ3v) is 1.33. The molecule has 0 unspecified atom stereocenters. The van der Waals surface area contributed by atoms with Gasteiger partial charge in [-0.2, -0.15) is 0 Å². The third-order valence-electron chi connectivity index (χ3n) is 1.33. The molecule has 0 spiro atoms. The summed E-state index contributed by atoms with van der Waals surface area (Å²) in [5.41, 5.74) is 0. The minimum atomic E-state index is 0. The van der Waals surface area contributed by atoms with Crippen molar-refractivity contribution in [2.24, 2.45) is 0 Å². The third kappa shape index (κ3) is 15.1. The van der Waals surface area contributed by atoms with Crippen molar-refractivity contribution in [1.82, 2.24) is 15.0 Å². The molecule has 0 saturated carbocycles. The second-order valence-corrected chi connectivity index (χ2v) is 2.43. The van der Waals surface area contributed by atoms with Gasteiger partial charge in [-0.25, -0.2) is 0 Å². The molecule has 0 aliphatic rings. The number of aromatic nitrogens is 6. The summed E-state index contributed by atoms with van der Waals surface area (Å²) in [6.45, 7) is 0. The van der Waals surface area contributed by atoms with E-state index in [2.05, 4.69) is 29.9 Å². The van der Waals surface area contributed by atoms with E-state index in [1.807, 2.05) is 37.2 Å². The molecule has 3 rings (SSSR count). The van der Waals surface area contributed by atoms with Crippen molar-refractivity contribution in [3.63, 3.8) is 0 Å². The fraction of sp³-hybridized carbons (Fsp3) is 0. The van der Waals surface area contributed by atoms with Crippen molar-refractivity contribution in [2.45, 2.75) is 0 Å². The summed E-state index contributed by atoms with van der Waals surface area (Å²) in [5, 5.41) is 0. The van der Waals surface area contributed by atoms with E-state index in [1.165, 1.54) is 0 Å². The SMILES string of the molecule is [Br-].[Br-].[Br-].c1c[nH+]c[nH]1.c1c[nH+]c[nH]1.c1c[nH+]c[nH]1. The maximum atomic E-state index is 2.81. The van der Waals surface area contributed by atoms with Crippen LogP contribution in [0.25, 0.3) is 0 Å². The Hall–Kier alpha value is -0.930. The molecule has 3 aromatic rings. The van der Waals surface area contributed by atoms with Crippen molar-refractivity contribution in [3.05, 3.63) is 56.2 Å². The monoisotopic (exact) mass is 444 g/mol. The van der Waals surface area contributed by atoms with E-state index in [0.29, 0.717) is 0 Å². The second kappa shape index (κ2) is 18.4. The highest BCUT2D eigenvalue weighted by Gasteiger charge is 1.66. The van der Waals surface area contributed by atoms with E-state index < -0.39 is 0 Å². The molecule has 18 heavy (non-hydrogen) atoms. The quantitative estimate of drug-likeness (QED) is 0.306. The van der Waals surface area contributed by atoms with Crippen molar-refractivity contribution in [3.8, 4) is 0 Å². The molecule has 0 aromatic carbocycles. The molecule has 0 fully saturated rings.